The maximum absolute atomic E-state index is 13.4. The van der Waals surface area contributed by atoms with Gasteiger partial charge < -0.3 is 10.6 Å². The van der Waals surface area contributed by atoms with Gasteiger partial charge in [0, 0.05) is 0 Å². The largest absolute Gasteiger partial charge is 0.322 e. The Labute approximate surface area is 126 Å². The van der Waals surface area contributed by atoms with Crippen molar-refractivity contribution < 1.29 is 9.18 Å². The fourth-order valence-corrected chi connectivity index (χ4v) is 2.88. The van der Waals surface area contributed by atoms with Crippen LogP contribution in [0.1, 0.15) is 39.0 Å². The second-order valence-corrected chi connectivity index (χ2v) is 6.12. The van der Waals surface area contributed by atoms with E-state index in [1.165, 1.54) is 31.7 Å². The van der Waals surface area contributed by atoms with Crippen molar-refractivity contribution in [3.8, 4) is 0 Å². The third-order valence-corrected chi connectivity index (χ3v) is 4.30. The van der Waals surface area contributed by atoms with Crippen molar-refractivity contribution in [3.05, 3.63) is 30.1 Å². The van der Waals surface area contributed by atoms with Crippen LogP contribution in [-0.4, -0.2) is 19.0 Å². The Bertz CT molecular complexity index is 456. The molecule has 0 aliphatic heterocycles. The summed E-state index contributed by atoms with van der Waals surface area (Å²) >= 11 is 0. The predicted molar refractivity (Wildman–Crippen MR) is 83.6 cm³/mol. The summed E-state index contributed by atoms with van der Waals surface area (Å²) in [5, 5.41) is 5.73. The van der Waals surface area contributed by atoms with Crippen molar-refractivity contribution in [2.24, 2.45) is 11.8 Å². The number of hydrogen-bond acceptors (Lipinski definition) is 2. The minimum Gasteiger partial charge on any atom is -0.322 e. The Kier molecular flexibility index (Phi) is 6.18. The zero-order valence-corrected chi connectivity index (χ0v) is 12.7. The van der Waals surface area contributed by atoms with Gasteiger partial charge in [0.1, 0.15) is 5.82 Å². The average Bonchev–Trinajstić information content (AvgIpc) is 2.48. The highest BCUT2D eigenvalue weighted by Crippen LogP contribution is 2.29. The number of benzene rings is 1. The maximum atomic E-state index is 13.4. The monoisotopic (exact) mass is 292 g/mol. The minimum atomic E-state index is -0.401. The first-order valence-corrected chi connectivity index (χ1v) is 7.90. The van der Waals surface area contributed by atoms with Crippen LogP contribution in [0.4, 0.5) is 10.1 Å². The summed E-state index contributed by atoms with van der Waals surface area (Å²) in [6.45, 7) is 3.41. The summed E-state index contributed by atoms with van der Waals surface area (Å²) in [6.07, 6.45) is 6.41. The first-order chi connectivity index (χ1) is 10.1. The molecule has 0 aromatic heterocycles. The molecule has 0 radical (unpaired) electrons. The SMILES string of the molecule is CC1CCC(CCNCC(=O)Nc2ccccc2F)CC1. The van der Waals surface area contributed by atoms with E-state index >= 15 is 0 Å². The predicted octanol–water partition coefficient (Wildman–Crippen LogP) is 3.57. The molecule has 2 rings (SSSR count). The molecule has 0 atom stereocenters. The number of nitrogens with one attached hydrogen (secondary N) is 2. The van der Waals surface area contributed by atoms with Gasteiger partial charge in [-0.3, -0.25) is 4.79 Å². The topological polar surface area (TPSA) is 41.1 Å². The number of halogens is 1. The van der Waals surface area contributed by atoms with E-state index in [1.54, 1.807) is 18.2 Å². The summed E-state index contributed by atoms with van der Waals surface area (Å²) in [5.41, 5.74) is 0.241. The molecule has 116 valence electrons. The Morgan fingerprint density at radius 1 is 1.24 bits per heavy atom. The van der Waals surface area contributed by atoms with Crippen LogP contribution in [0.3, 0.4) is 0 Å². The Morgan fingerprint density at radius 3 is 2.67 bits per heavy atom. The van der Waals surface area contributed by atoms with E-state index in [-0.39, 0.29) is 18.1 Å². The standard InChI is InChI=1S/C17H25FN2O/c1-13-6-8-14(9-7-13)10-11-19-12-17(21)20-16-5-3-2-4-15(16)18/h2-5,13-14,19H,6-12H2,1H3,(H,20,21). The van der Waals surface area contributed by atoms with Gasteiger partial charge in [0.2, 0.25) is 5.91 Å². The molecular formula is C17H25FN2O. The fourth-order valence-electron chi connectivity index (χ4n) is 2.88. The van der Waals surface area contributed by atoms with Gasteiger partial charge in [-0.15, -0.1) is 0 Å². The average molecular weight is 292 g/mol. The fraction of sp³-hybridized carbons (Fsp3) is 0.588. The van der Waals surface area contributed by atoms with Gasteiger partial charge in [-0.2, -0.15) is 0 Å². The number of para-hydroxylation sites is 1. The van der Waals surface area contributed by atoms with E-state index in [4.69, 9.17) is 0 Å². The molecule has 21 heavy (non-hydrogen) atoms. The zero-order valence-electron chi connectivity index (χ0n) is 12.7. The summed E-state index contributed by atoms with van der Waals surface area (Å²) in [7, 11) is 0. The third-order valence-electron chi connectivity index (χ3n) is 4.30. The van der Waals surface area contributed by atoms with Crippen LogP contribution in [0.15, 0.2) is 24.3 Å². The lowest BCUT2D eigenvalue weighted by Gasteiger charge is -2.26. The highest BCUT2D eigenvalue weighted by molar-refractivity contribution is 5.92. The van der Waals surface area contributed by atoms with Gasteiger partial charge in [0.05, 0.1) is 12.2 Å². The van der Waals surface area contributed by atoms with Crippen LogP contribution in [0.2, 0.25) is 0 Å². The van der Waals surface area contributed by atoms with Gasteiger partial charge in [-0.1, -0.05) is 44.7 Å². The van der Waals surface area contributed by atoms with E-state index in [9.17, 15) is 9.18 Å². The lowest BCUT2D eigenvalue weighted by Crippen LogP contribution is -2.30. The number of rotatable bonds is 6. The van der Waals surface area contributed by atoms with Crippen molar-refractivity contribution >= 4 is 11.6 Å². The van der Waals surface area contributed by atoms with Gasteiger partial charge in [0.15, 0.2) is 0 Å². The van der Waals surface area contributed by atoms with Crippen LogP contribution in [0.25, 0.3) is 0 Å². The van der Waals surface area contributed by atoms with Crippen LogP contribution in [0.5, 0.6) is 0 Å². The van der Waals surface area contributed by atoms with E-state index in [0.29, 0.717) is 0 Å². The van der Waals surface area contributed by atoms with Gasteiger partial charge in [-0.25, -0.2) is 4.39 Å². The summed E-state index contributed by atoms with van der Waals surface area (Å²) in [6, 6.07) is 6.22. The molecule has 0 heterocycles. The first-order valence-electron chi connectivity index (χ1n) is 7.90. The first kappa shape index (κ1) is 16.0. The lowest BCUT2D eigenvalue weighted by molar-refractivity contribution is -0.115. The minimum absolute atomic E-state index is 0.197. The molecule has 4 heteroatoms. The van der Waals surface area contributed by atoms with Crippen molar-refractivity contribution in [1.82, 2.24) is 5.32 Å². The molecule has 2 N–H and O–H groups in total. The van der Waals surface area contributed by atoms with Gasteiger partial charge in [-0.05, 0) is 36.9 Å². The van der Waals surface area contributed by atoms with Crippen molar-refractivity contribution in [1.29, 1.82) is 0 Å². The number of amides is 1. The smallest absolute Gasteiger partial charge is 0.238 e. The second kappa shape index (κ2) is 8.13. The lowest BCUT2D eigenvalue weighted by atomic mass is 9.81. The molecule has 1 aliphatic rings. The van der Waals surface area contributed by atoms with Crippen molar-refractivity contribution in [2.45, 2.75) is 39.0 Å². The maximum Gasteiger partial charge on any atom is 0.238 e. The summed E-state index contributed by atoms with van der Waals surface area (Å²) < 4.78 is 13.4. The third kappa shape index (κ3) is 5.46. The highest BCUT2D eigenvalue weighted by atomic mass is 19.1. The second-order valence-electron chi connectivity index (χ2n) is 6.12. The Morgan fingerprint density at radius 2 is 1.95 bits per heavy atom. The number of anilines is 1. The van der Waals surface area contributed by atoms with Crippen molar-refractivity contribution in [3.63, 3.8) is 0 Å². The molecule has 0 spiro atoms. The normalized spacial score (nSPS) is 22.0. The molecule has 0 unspecified atom stereocenters. The molecule has 1 aromatic carbocycles. The zero-order chi connectivity index (χ0) is 15.1. The molecule has 1 saturated carbocycles. The number of hydrogen-bond donors (Lipinski definition) is 2. The molecule has 1 amide bonds. The summed E-state index contributed by atoms with van der Waals surface area (Å²) in [5.74, 6) is 1.07. The van der Waals surface area contributed by atoms with Gasteiger partial charge >= 0.3 is 0 Å². The molecular weight excluding hydrogens is 267 g/mol. The van der Waals surface area contributed by atoms with Crippen molar-refractivity contribution in [2.75, 3.05) is 18.4 Å². The van der Waals surface area contributed by atoms with Gasteiger partial charge in [0.25, 0.3) is 0 Å². The van der Waals surface area contributed by atoms with E-state index in [2.05, 4.69) is 17.6 Å². The Hall–Kier alpha value is -1.42. The molecule has 1 fully saturated rings. The quantitative estimate of drug-likeness (QED) is 0.787. The molecule has 0 bridgehead atoms. The number of carbonyl (C=O) groups excluding carboxylic acids is 1. The van der Waals surface area contributed by atoms with E-state index < -0.39 is 5.82 Å². The molecule has 1 aliphatic carbocycles. The van der Waals surface area contributed by atoms with E-state index in [0.717, 1.165) is 24.8 Å². The van der Waals surface area contributed by atoms with Crippen LogP contribution in [0, 0.1) is 17.7 Å². The summed E-state index contributed by atoms with van der Waals surface area (Å²) in [4.78, 5) is 11.7. The van der Waals surface area contributed by atoms with Crippen LogP contribution in [-0.2, 0) is 4.79 Å². The molecule has 0 saturated heterocycles. The molecule has 3 nitrogen and oxygen atoms in total. The van der Waals surface area contributed by atoms with Crippen LogP contribution >= 0.6 is 0 Å². The van der Waals surface area contributed by atoms with E-state index in [1.807, 2.05) is 0 Å². The number of carbonyl (C=O) groups is 1. The Balaban J connectivity index is 1.60. The highest BCUT2D eigenvalue weighted by Gasteiger charge is 2.17. The van der Waals surface area contributed by atoms with Crippen LogP contribution < -0.4 is 10.6 Å². The molecule has 1 aromatic rings.